The Hall–Kier alpha value is -2.41. The van der Waals surface area contributed by atoms with Crippen molar-refractivity contribution >= 4 is 23.2 Å². The molecule has 1 aromatic heterocycles. The van der Waals surface area contributed by atoms with Crippen molar-refractivity contribution in [1.29, 1.82) is 0 Å². The predicted molar refractivity (Wildman–Crippen MR) is 117 cm³/mol. The second kappa shape index (κ2) is 10.2. The highest BCUT2D eigenvalue weighted by Gasteiger charge is 2.17. The molecule has 0 saturated carbocycles. The molecule has 28 heavy (non-hydrogen) atoms. The average molecular weight is 402 g/mol. The van der Waals surface area contributed by atoms with Crippen LogP contribution in [0.25, 0.3) is 0 Å². The Balaban J connectivity index is 1.76. The van der Waals surface area contributed by atoms with E-state index in [4.69, 9.17) is 4.98 Å². The Morgan fingerprint density at radius 3 is 2.50 bits per heavy atom. The fraction of sp³-hybridized carbons (Fsp3) is 0.476. The summed E-state index contributed by atoms with van der Waals surface area (Å²) < 4.78 is 0. The quantitative estimate of drug-likeness (QED) is 0.492. The van der Waals surface area contributed by atoms with E-state index in [-0.39, 0.29) is 11.3 Å². The highest BCUT2D eigenvalue weighted by molar-refractivity contribution is 7.09. The normalized spacial score (nSPS) is 12.0. The topological polar surface area (TPSA) is 78.4 Å². The fourth-order valence-electron chi connectivity index (χ4n) is 2.62. The zero-order valence-electron chi connectivity index (χ0n) is 17.4. The van der Waals surface area contributed by atoms with E-state index in [1.807, 2.05) is 24.3 Å². The van der Waals surface area contributed by atoms with Gasteiger partial charge < -0.3 is 16.0 Å². The highest BCUT2D eigenvalue weighted by atomic mass is 32.1. The van der Waals surface area contributed by atoms with Crippen molar-refractivity contribution < 1.29 is 4.79 Å². The first kappa shape index (κ1) is 21.9. The first-order chi connectivity index (χ1) is 13.3. The lowest BCUT2D eigenvalue weighted by atomic mass is 9.93. The van der Waals surface area contributed by atoms with Crippen molar-refractivity contribution in [3.63, 3.8) is 0 Å². The molecular formula is C21H31N5OS. The number of hydrogen-bond acceptors (Lipinski definition) is 4. The Kier molecular flexibility index (Phi) is 7.99. The molecule has 1 heterocycles. The minimum atomic E-state index is -0.0657. The molecule has 0 bridgehead atoms. The molecule has 152 valence electrons. The molecule has 0 aliphatic rings. The number of nitrogens with one attached hydrogen (secondary N) is 3. The van der Waals surface area contributed by atoms with Crippen molar-refractivity contribution in [2.45, 2.75) is 39.0 Å². The average Bonchev–Trinajstić information content (AvgIpc) is 3.16. The summed E-state index contributed by atoms with van der Waals surface area (Å²) in [4.78, 5) is 20.7. The first-order valence-corrected chi connectivity index (χ1v) is 10.4. The monoisotopic (exact) mass is 401 g/mol. The smallest absolute Gasteiger partial charge is 0.251 e. The molecule has 0 fully saturated rings. The van der Waals surface area contributed by atoms with Crippen molar-refractivity contribution in [1.82, 2.24) is 20.9 Å². The van der Waals surface area contributed by atoms with Gasteiger partial charge in [0.05, 0.1) is 10.7 Å². The van der Waals surface area contributed by atoms with E-state index in [2.05, 4.69) is 47.1 Å². The van der Waals surface area contributed by atoms with Crippen molar-refractivity contribution in [3.8, 4) is 0 Å². The van der Waals surface area contributed by atoms with Crippen LogP contribution in [0.2, 0.25) is 0 Å². The Morgan fingerprint density at radius 2 is 1.89 bits per heavy atom. The maximum atomic E-state index is 11.7. The largest absolute Gasteiger partial charge is 0.356 e. The van der Waals surface area contributed by atoms with Crippen LogP contribution in [0.3, 0.4) is 0 Å². The van der Waals surface area contributed by atoms with Gasteiger partial charge in [-0.2, -0.15) is 0 Å². The van der Waals surface area contributed by atoms with Crippen LogP contribution in [0.15, 0.2) is 34.6 Å². The SMILES string of the molecule is CN=C(NCCc1cccc(C(=O)NC)c1)NCCc1nc(C(C)(C)C)cs1. The van der Waals surface area contributed by atoms with Gasteiger partial charge in [0, 0.05) is 50.0 Å². The van der Waals surface area contributed by atoms with Crippen molar-refractivity contribution in [2.75, 3.05) is 27.2 Å². The van der Waals surface area contributed by atoms with Gasteiger partial charge in [-0.15, -0.1) is 11.3 Å². The summed E-state index contributed by atoms with van der Waals surface area (Å²) in [6.45, 7) is 8.06. The van der Waals surface area contributed by atoms with Crippen LogP contribution < -0.4 is 16.0 Å². The third kappa shape index (κ3) is 6.64. The zero-order valence-corrected chi connectivity index (χ0v) is 18.2. The van der Waals surface area contributed by atoms with E-state index in [1.165, 1.54) is 0 Å². The van der Waals surface area contributed by atoms with E-state index in [0.717, 1.165) is 48.2 Å². The van der Waals surface area contributed by atoms with Crippen LogP contribution in [-0.4, -0.2) is 44.0 Å². The first-order valence-electron chi connectivity index (χ1n) is 9.54. The van der Waals surface area contributed by atoms with Crippen LogP contribution in [0.4, 0.5) is 0 Å². The molecule has 0 atom stereocenters. The molecule has 6 nitrogen and oxygen atoms in total. The number of rotatable bonds is 7. The molecule has 0 spiro atoms. The number of nitrogens with zero attached hydrogens (tertiary/aromatic N) is 2. The lowest BCUT2D eigenvalue weighted by molar-refractivity contribution is 0.0963. The summed E-state index contributed by atoms with van der Waals surface area (Å²) >= 11 is 1.71. The summed E-state index contributed by atoms with van der Waals surface area (Å²) in [7, 11) is 3.41. The van der Waals surface area contributed by atoms with Gasteiger partial charge >= 0.3 is 0 Å². The van der Waals surface area contributed by atoms with E-state index < -0.39 is 0 Å². The molecule has 0 radical (unpaired) electrons. The van der Waals surface area contributed by atoms with E-state index in [0.29, 0.717) is 5.56 Å². The van der Waals surface area contributed by atoms with Gasteiger partial charge in [-0.25, -0.2) is 4.98 Å². The summed E-state index contributed by atoms with van der Waals surface area (Å²) in [6, 6.07) is 7.68. The van der Waals surface area contributed by atoms with Gasteiger partial charge in [0.1, 0.15) is 0 Å². The van der Waals surface area contributed by atoms with Crippen LogP contribution in [0.5, 0.6) is 0 Å². The van der Waals surface area contributed by atoms with Gasteiger partial charge in [-0.1, -0.05) is 32.9 Å². The molecule has 1 amide bonds. The van der Waals surface area contributed by atoms with Crippen LogP contribution in [-0.2, 0) is 18.3 Å². The lowest BCUT2D eigenvalue weighted by Crippen LogP contribution is -2.39. The number of carbonyl (C=O) groups is 1. The van der Waals surface area contributed by atoms with Gasteiger partial charge in [0.2, 0.25) is 0 Å². The molecule has 0 unspecified atom stereocenters. The summed E-state index contributed by atoms with van der Waals surface area (Å²) in [5, 5.41) is 12.6. The van der Waals surface area contributed by atoms with E-state index in [1.54, 1.807) is 25.4 Å². The Morgan fingerprint density at radius 1 is 1.18 bits per heavy atom. The maximum absolute atomic E-state index is 11.7. The number of thiazole rings is 1. The van der Waals surface area contributed by atoms with E-state index in [9.17, 15) is 4.79 Å². The molecule has 2 aromatic rings. The number of hydrogen-bond donors (Lipinski definition) is 3. The summed E-state index contributed by atoms with van der Waals surface area (Å²) in [5.74, 6) is 0.708. The summed E-state index contributed by atoms with van der Waals surface area (Å²) in [6.07, 6.45) is 1.68. The second-order valence-electron chi connectivity index (χ2n) is 7.58. The minimum Gasteiger partial charge on any atom is -0.356 e. The zero-order chi connectivity index (χ0) is 20.6. The van der Waals surface area contributed by atoms with Gasteiger partial charge in [0.15, 0.2) is 5.96 Å². The van der Waals surface area contributed by atoms with Crippen LogP contribution in [0.1, 0.15) is 47.4 Å². The molecule has 3 N–H and O–H groups in total. The number of guanidine groups is 1. The highest BCUT2D eigenvalue weighted by Crippen LogP contribution is 2.23. The van der Waals surface area contributed by atoms with E-state index >= 15 is 0 Å². The second-order valence-corrected chi connectivity index (χ2v) is 8.52. The summed E-state index contributed by atoms with van der Waals surface area (Å²) in [5.41, 5.74) is 3.03. The number of aromatic nitrogens is 1. The molecule has 0 saturated heterocycles. The predicted octanol–water partition coefficient (Wildman–Crippen LogP) is 2.75. The Labute approximate surface area is 171 Å². The van der Waals surface area contributed by atoms with Gasteiger partial charge in [-0.3, -0.25) is 9.79 Å². The van der Waals surface area contributed by atoms with Gasteiger partial charge in [-0.05, 0) is 24.1 Å². The van der Waals surface area contributed by atoms with Crippen molar-refractivity contribution in [2.24, 2.45) is 4.99 Å². The molecule has 0 aliphatic carbocycles. The van der Waals surface area contributed by atoms with Crippen LogP contribution >= 0.6 is 11.3 Å². The van der Waals surface area contributed by atoms with Crippen LogP contribution in [0, 0.1) is 0 Å². The Bertz CT molecular complexity index is 807. The molecule has 2 rings (SSSR count). The number of amides is 1. The molecule has 7 heteroatoms. The fourth-order valence-corrected chi connectivity index (χ4v) is 3.64. The lowest BCUT2D eigenvalue weighted by Gasteiger charge is -2.14. The number of aliphatic imine (C=N–C) groups is 1. The number of carbonyl (C=O) groups excluding carboxylic acids is 1. The minimum absolute atomic E-state index is 0.0657. The molecule has 1 aromatic carbocycles. The molecular weight excluding hydrogens is 370 g/mol. The van der Waals surface area contributed by atoms with Gasteiger partial charge in [0.25, 0.3) is 5.91 Å². The maximum Gasteiger partial charge on any atom is 0.251 e. The number of benzene rings is 1. The van der Waals surface area contributed by atoms with Crippen molar-refractivity contribution in [3.05, 3.63) is 51.5 Å². The standard InChI is InChI=1S/C21H31N5OS/c1-21(2,3)17-14-28-18(26-17)10-12-25-20(23-5)24-11-9-15-7-6-8-16(13-15)19(27)22-4/h6-8,13-14H,9-12H2,1-5H3,(H,22,27)(H2,23,24,25). The third-order valence-electron chi connectivity index (χ3n) is 4.30. The molecule has 0 aliphatic heterocycles. The third-order valence-corrected chi connectivity index (χ3v) is 5.21.